The van der Waals surface area contributed by atoms with Crippen LogP contribution in [0.5, 0.6) is 11.5 Å². The van der Waals surface area contributed by atoms with Crippen LogP contribution in [-0.4, -0.2) is 34.8 Å². The fourth-order valence-electron chi connectivity index (χ4n) is 1.93. The Morgan fingerprint density at radius 1 is 1.37 bits per heavy atom. The molecule has 0 amide bonds. The average Bonchev–Trinajstić information content (AvgIpc) is 2.87. The zero-order valence-electron chi connectivity index (χ0n) is 11.2. The topological polar surface area (TPSA) is 71.3 Å². The van der Waals surface area contributed by atoms with Gasteiger partial charge in [-0.2, -0.15) is 0 Å². The molecule has 1 heterocycles. The minimum absolute atomic E-state index is 0.250. The van der Waals surface area contributed by atoms with Gasteiger partial charge < -0.3 is 19.8 Å². The van der Waals surface area contributed by atoms with Crippen molar-refractivity contribution in [3.05, 3.63) is 23.8 Å². The maximum atomic E-state index is 10.2. The Hall–Kier alpha value is -1.75. The minimum Gasteiger partial charge on any atom is -0.490 e. The van der Waals surface area contributed by atoms with Gasteiger partial charge in [0.25, 0.3) is 0 Å². The Balaban J connectivity index is 2.08. The monoisotopic (exact) mass is 265 g/mol. The molecule has 0 aliphatic carbocycles. The molecule has 2 rings (SSSR count). The number of benzene rings is 1. The highest BCUT2D eigenvalue weighted by molar-refractivity contribution is 6.05. The van der Waals surface area contributed by atoms with Gasteiger partial charge in [0.1, 0.15) is 30.4 Å². The smallest absolute Gasteiger partial charge is 0.134 e. The summed E-state index contributed by atoms with van der Waals surface area (Å²) in [6, 6.07) is 5.33. The average molecular weight is 265 g/mol. The number of fused-ring (bicyclic) bond motifs is 1. The summed E-state index contributed by atoms with van der Waals surface area (Å²) < 4.78 is 11.0. The largest absolute Gasteiger partial charge is 0.490 e. The Morgan fingerprint density at radius 2 is 2.11 bits per heavy atom. The summed E-state index contributed by atoms with van der Waals surface area (Å²) in [4.78, 5) is 0. The van der Waals surface area contributed by atoms with E-state index in [0.29, 0.717) is 30.1 Å². The van der Waals surface area contributed by atoms with E-state index in [4.69, 9.17) is 14.7 Å². The van der Waals surface area contributed by atoms with Gasteiger partial charge in [-0.1, -0.05) is 19.0 Å². The van der Waals surface area contributed by atoms with E-state index in [1.807, 2.05) is 13.8 Å². The van der Waals surface area contributed by atoms with Gasteiger partial charge in [-0.25, -0.2) is 0 Å². The van der Waals surface area contributed by atoms with Crippen LogP contribution >= 0.6 is 0 Å². The van der Waals surface area contributed by atoms with Crippen LogP contribution in [0.2, 0.25) is 0 Å². The molecule has 0 atom stereocenters. The van der Waals surface area contributed by atoms with Crippen LogP contribution in [0.15, 0.2) is 23.4 Å². The van der Waals surface area contributed by atoms with Crippen molar-refractivity contribution >= 4 is 5.71 Å². The van der Waals surface area contributed by atoms with Gasteiger partial charge >= 0.3 is 0 Å². The third-order valence-corrected chi connectivity index (χ3v) is 3.57. The Morgan fingerprint density at radius 3 is 2.74 bits per heavy atom. The SMILES string of the molecule is CCC(O)(CC)COc1ccc2c(c1)OC/C2=N\O. The number of hydrogen-bond acceptors (Lipinski definition) is 5. The van der Waals surface area contributed by atoms with Crippen LogP contribution in [0.25, 0.3) is 0 Å². The van der Waals surface area contributed by atoms with Crippen molar-refractivity contribution < 1.29 is 19.8 Å². The molecule has 0 fully saturated rings. The van der Waals surface area contributed by atoms with Crippen molar-refractivity contribution in [2.45, 2.75) is 32.3 Å². The summed E-state index contributed by atoms with van der Waals surface area (Å²) in [5.74, 6) is 1.28. The summed E-state index contributed by atoms with van der Waals surface area (Å²) in [7, 11) is 0. The fourth-order valence-corrected chi connectivity index (χ4v) is 1.93. The Bertz CT molecular complexity index is 480. The van der Waals surface area contributed by atoms with Gasteiger partial charge in [0.15, 0.2) is 0 Å². The van der Waals surface area contributed by atoms with E-state index in [0.717, 1.165) is 5.56 Å². The lowest BCUT2D eigenvalue weighted by Gasteiger charge is -2.25. The lowest BCUT2D eigenvalue weighted by molar-refractivity contribution is -0.0114. The number of oxime groups is 1. The van der Waals surface area contributed by atoms with Crippen LogP contribution in [0, 0.1) is 0 Å². The van der Waals surface area contributed by atoms with Gasteiger partial charge in [-0.15, -0.1) is 0 Å². The number of hydrogen-bond donors (Lipinski definition) is 2. The van der Waals surface area contributed by atoms with Gasteiger partial charge in [-0.3, -0.25) is 0 Å². The first kappa shape index (κ1) is 13.7. The first-order valence-corrected chi connectivity index (χ1v) is 6.45. The lowest BCUT2D eigenvalue weighted by Crippen LogP contribution is -2.34. The van der Waals surface area contributed by atoms with Crippen molar-refractivity contribution in [1.29, 1.82) is 0 Å². The molecule has 0 radical (unpaired) electrons. The first-order valence-electron chi connectivity index (χ1n) is 6.45. The third kappa shape index (κ3) is 2.81. The van der Waals surface area contributed by atoms with Crippen molar-refractivity contribution in [2.75, 3.05) is 13.2 Å². The second-order valence-corrected chi connectivity index (χ2v) is 4.71. The third-order valence-electron chi connectivity index (χ3n) is 3.57. The highest BCUT2D eigenvalue weighted by atomic mass is 16.5. The molecule has 0 aromatic heterocycles. The van der Waals surface area contributed by atoms with E-state index in [2.05, 4.69) is 5.16 Å². The molecule has 1 aromatic rings. The normalized spacial score (nSPS) is 16.3. The molecule has 0 saturated heterocycles. The molecule has 0 unspecified atom stereocenters. The summed E-state index contributed by atoms with van der Waals surface area (Å²) in [5.41, 5.74) is 0.494. The Labute approximate surface area is 112 Å². The fraction of sp³-hybridized carbons (Fsp3) is 0.500. The minimum atomic E-state index is -0.794. The first-order chi connectivity index (χ1) is 9.11. The van der Waals surface area contributed by atoms with E-state index in [1.54, 1.807) is 18.2 Å². The zero-order chi connectivity index (χ0) is 13.9. The van der Waals surface area contributed by atoms with Gasteiger partial charge in [0.05, 0.1) is 5.60 Å². The molecule has 0 spiro atoms. The van der Waals surface area contributed by atoms with Gasteiger partial charge in [0.2, 0.25) is 0 Å². The van der Waals surface area contributed by atoms with Crippen LogP contribution in [-0.2, 0) is 0 Å². The Kier molecular flexibility index (Phi) is 3.95. The van der Waals surface area contributed by atoms with Crippen molar-refractivity contribution in [2.24, 2.45) is 5.16 Å². The predicted octanol–water partition coefficient (Wildman–Crippen LogP) is 2.19. The molecule has 0 saturated carbocycles. The maximum absolute atomic E-state index is 10.2. The van der Waals surface area contributed by atoms with E-state index >= 15 is 0 Å². The summed E-state index contributed by atoms with van der Waals surface area (Å²) in [6.07, 6.45) is 1.29. The molecule has 104 valence electrons. The zero-order valence-corrected chi connectivity index (χ0v) is 11.2. The van der Waals surface area contributed by atoms with Crippen molar-refractivity contribution in [3.8, 4) is 11.5 Å². The van der Waals surface area contributed by atoms with Crippen molar-refractivity contribution in [3.63, 3.8) is 0 Å². The summed E-state index contributed by atoms with van der Waals surface area (Å²) in [5, 5.41) is 22.1. The molecule has 5 nitrogen and oxygen atoms in total. The molecular formula is C14H19NO4. The van der Waals surface area contributed by atoms with Crippen LogP contribution in [0.1, 0.15) is 32.3 Å². The summed E-state index contributed by atoms with van der Waals surface area (Å²) in [6.45, 7) is 4.38. The maximum Gasteiger partial charge on any atom is 0.134 e. The van der Waals surface area contributed by atoms with Crippen LogP contribution in [0.4, 0.5) is 0 Å². The highest BCUT2D eigenvalue weighted by Crippen LogP contribution is 2.30. The number of aliphatic hydroxyl groups is 1. The van der Waals surface area contributed by atoms with Crippen molar-refractivity contribution in [1.82, 2.24) is 0 Å². The predicted molar refractivity (Wildman–Crippen MR) is 71.3 cm³/mol. The van der Waals surface area contributed by atoms with E-state index in [1.165, 1.54) is 0 Å². The van der Waals surface area contributed by atoms with Gasteiger partial charge in [-0.05, 0) is 25.0 Å². The molecule has 1 aliphatic heterocycles. The molecule has 2 N–H and O–H groups in total. The molecular weight excluding hydrogens is 246 g/mol. The second-order valence-electron chi connectivity index (χ2n) is 4.71. The molecule has 5 heteroatoms. The number of rotatable bonds is 5. The molecule has 1 aliphatic rings. The molecule has 19 heavy (non-hydrogen) atoms. The number of nitrogens with zero attached hydrogens (tertiary/aromatic N) is 1. The van der Waals surface area contributed by atoms with E-state index in [-0.39, 0.29) is 13.2 Å². The van der Waals surface area contributed by atoms with E-state index in [9.17, 15) is 5.11 Å². The molecule has 0 bridgehead atoms. The number of ether oxygens (including phenoxy) is 2. The van der Waals surface area contributed by atoms with Crippen LogP contribution < -0.4 is 9.47 Å². The quantitative estimate of drug-likeness (QED) is 0.632. The molecule has 1 aromatic carbocycles. The highest BCUT2D eigenvalue weighted by Gasteiger charge is 2.24. The van der Waals surface area contributed by atoms with Gasteiger partial charge in [0, 0.05) is 11.6 Å². The lowest BCUT2D eigenvalue weighted by atomic mass is 9.99. The summed E-state index contributed by atoms with van der Waals surface area (Å²) >= 11 is 0. The van der Waals surface area contributed by atoms with E-state index < -0.39 is 5.60 Å². The second kappa shape index (κ2) is 5.48. The van der Waals surface area contributed by atoms with Crippen LogP contribution in [0.3, 0.4) is 0 Å². The standard InChI is InChI=1S/C14H19NO4/c1-3-14(16,4-2)9-19-10-5-6-11-12(15-17)8-18-13(11)7-10/h5-7,16-17H,3-4,8-9H2,1-2H3/b15-12+.